The van der Waals surface area contributed by atoms with Gasteiger partial charge in [0.1, 0.15) is 18.0 Å². The highest BCUT2D eigenvalue weighted by molar-refractivity contribution is 8.00. The number of benzene rings is 1. The van der Waals surface area contributed by atoms with E-state index in [1.807, 2.05) is 12.1 Å². The smallest absolute Gasteiger partial charge is 0.235 e. The van der Waals surface area contributed by atoms with Gasteiger partial charge in [-0.15, -0.1) is 11.8 Å². The number of thioether (sulfide) groups is 1. The SMILES string of the molecule is COc1cnc2cccc([C@@H](O)[C@H](O)[C@@H]3CC[C@@H](NCc4ccc5c(n4)NC(=O)CS5)CO3)c2n1. The van der Waals surface area contributed by atoms with Gasteiger partial charge in [0.2, 0.25) is 11.8 Å². The average molecular weight is 498 g/mol. The van der Waals surface area contributed by atoms with Gasteiger partial charge in [0.05, 0.1) is 53.4 Å². The van der Waals surface area contributed by atoms with E-state index in [1.54, 1.807) is 18.2 Å². The third-order valence-electron chi connectivity index (χ3n) is 6.23. The van der Waals surface area contributed by atoms with Crippen LogP contribution in [0.5, 0.6) is 5.88 Å². The van der Waals surface area contributed by atoms with E-state index in [2.05, 4.69) is 25.6 Å². The molecule has 3 aromatic rings. The van der Waals surface area contributed by atoms with Crippen molar-refractivity contribution in [1.82, 2.24) is 20.3 Å². The number of methoxy groups -OCH3 is 1. The number of hydrogen-bond acceptors (Lipinski definition) is 10. The van der Waals surface area contributed by atoms with E-state index >= 15 is 0 Å². The predicted molar refractivity (Wildman–Crippen MR) is 130 cm³/mol. The molecule has 5 rings (SSSR count). The number of para-hydroxylation sites is 1. The largest absolute Gasteiger partial charge is 0.480 e. The van der Waals surface area contributed by atoms with Crippen LogP contribution in [0.2, 0.25) is 0 Å². The summed E-state index contributed by atoms with van der Waals surface area (Å²) in [4.78, 5) is 25.8. The predicted octanol–water partition coefficient (Wildman–Crippen LogP) is 1.81. The Balaban J connectivity index is 1.17. The molecule has 4 atom stereocenters. The van der Waals surface area contributed by atoms with Crippen molar-refractivity contribution in [3.8, 4) is 5.88 Å². The van der Waals surface area contributed by atoms with Crippen LogP contribution in [0.3, 0.4) is 0 Å². The van der Waals surface area contributed by atoms with Crippen LogP contribution >= 0.6 is 11.8 Å². The van der Waals surface area contributed by atoms with Gasteiger partial charge in [-0.3, -0.25) is 4.79 Å². The lowest BCUT2D eigenvalue weighted by molar-refractivity contribution is -0.114. The molecule has 2 aromatic heterocycles. The van der Waals surface area contributed by atoms with Crippen molar-refractivity contribution < 1.29 is 24.5 Å². The Morgan fingerprint density at radius 3 is 2.94 bits per heavy atom. The van der Waals surface area contributed by atoms with E-state index in [1.165, 1.54) is 25.1 Å². The molecule has 1 saturated heterocycles. The van der Waals surface area contributed by atoms with Gasteiger partial charge in [0.15, 0.2) is 0 Å². The van der Waals surface area contributed by atoms with Gasteiger partial charge in [0.25, 0.3) is 0 Å². The number of pyridine rings is 1. The second kappa shape index (κ2) is 10.4. The van der Waals surface area contributed by atoms with Gasteiger partial charge in [-0.05, 0) is 31.0 Å². The summed E-state index contributed by atoms with van der Waals surface area (Å²) in [7, 11) is 1.50. The fourth-order valence-corrected chi connectivity index (χ4v) is 5.07. The van der Waals surface area contributed by atoms with Crippen LogP contribution in [0.15, 0.2) is 41.4 Å². The van der Waals surface area contributed by atoms with Crippen LogP contribution in [0.4, 0.5) is 5.82 Å². The van der Waals surface area contributed by atoms with Gasteiger partial charge < -0.3 is 30.3 Å². The number of carbonyl (C=O) groups excluding carboxylic acids is 1. The fourth-order valence-electron chi connectivity index (χ4n) is 4.32. The first-order chi connectivity index (χ1) is 17.0. The molecule has 0 bridgehead atoms. The minimum atomic E-state index is -1.18. The number of carbonyl (C=O) groups is 1. The minimum Gasteiger partial charge on any atom is -0.480 e. The van der Waals surface area contributed by atoms with Crippen molar-refractivity contribution in [1.29, 1.82) is 0 Å². The number of nitrogens with zero attached hydrogens (tertiary/aromatic N) is 3. The molecular formula is C24H27N5O5S. The maximum Gasteiger partial charge on any atom is 0.235 e. The standard InChI is InChI=1S/C24H27N5O5S/c1-33-20-10-26-16-4-2-3-15(21(16)29-20)22(31)23(32)17-7-5-14(11-34-17)25-9-13-6-8-18-24(27-13)28-19(30)12-35-18/h2-4,6,8,10,14,17,22-23,25,31-32H,5,7,9,11-12H2,1H3,(H,27,28,30)/t14-,17+,22-,23-/m1/s1. The molecule has 1 aromatic carbocycles. The second-order valence-corrected chi connectivity index (χ2v) is 9.59. The van der Waals surface area contributed by atoms with Crippen LogP contribution in [0.1, 0.15) is 30.2 Å². The number of hydrogen-bond donors (Lipinski definition) is 4. The van der Waals surface area contributed by atoms with E-state index in [4.69, 9.17) is 9.47 Å². The highest BCUT2D eigenvalue weighted by Gasteiger charge is 2.33. The van der Waals surface area contributed by atoms with Gasteiger partial charge in [-0.25, -0.2) is 15.0 Å². The molecule has 4 heterocycles. The van der Waals surface area contributed by atoms with Crippen molar-refractivity contribution in [3.05, 3.63) is 47.8 Å². The second-order valence-electron chi connectivity index (χ2n) is 8.58. The number of anilines is 1. The summed E-state index contributed by atoms with van der Waals surface area (Å²) in [6.07, 6.45) is 0.0715. The van der Waals surface area contributed by atoms with Gasteiger partial charge in [-0.1, -0.05) is 12.1 Å². The minimum absolute atomic E-state index is 0.0396. The lowest BCUT2D eigenvalue weighted by Gasteiger charge is -2.34. The summed E-state index contributed by atoms with van der Waals surface area (Å²) in [5.74, 6) is 1.32. The van der Waals surface area contributed by atoms with E-state index in [-0.39, 0.29) is 11.9 Å². The summed E-state index contributed by atoms with van der Waals surface area (Å²) in [5.41, 5.74) is 2.41. The highest BCUT2D eigenvalue weighted by Crippen LogP contribution is 2.31. The third kappa shape index (κ3) is 5.24. The molecule has 1 amide bonds. The Kier molecular flexibility index (Phi) is 7.12. The zero-order valence-electron chi connectivity index (χ0n) is 19.2. The van der Waals surface area contributed by atoms with E-state index < -0.39 is 18.3 Å². The molecule has 184 valence electrons. The van der Waals surface area contributed by atoms with E-state index in [0.717, 1.165) is 17.0 Å². The quantitative estimate of drug-likeness (QED) is 0.382. The summed E-state index contributed by atoms with van der Waals surface area (Å²) >= 11 is 1.48. The normalized spacial score (nSPS) is 21.7. The number of aliphatic hydroxyl groups is 2. The Morgan fingerprint density at radius 1 is 1.26 bits per heavy atom. The van der Waals surface area contributed by atoms with E-state index in [9.17, 15) is 15.0 Å². The lowest BCUT2D eigenvalue weighted by Crippen LogP contribution is -2.45. The summed E-state index contributed by atoms with van der Waals surface area (Å²) in [5, 5.41) is 28.1. The number of nitrogens with one attached hydrogen (secondary N) is 2. The maximum absolute atomic E-state index is 11.6. The van der Waals surface area contributed by atoms with Crippen molar-refractivity contribution >= 4 is 34.5 Å². The van der Waals surface area contributed by atoms with Crippen LogP contribution in [-0.2, 0) is 16.1 Å². The first kappa shape index (κ1) is 23.9. The number of amides is 1. The number of aromatic nitrogens is 3. The molecule has 0 saturated carbocycles. The van der Waals surface area contributed by atoms with Crippen LogP contribution in [0.25, 0.3) is 11.0 Å². The molecule has 2 aliphatic rings. The molecule has 35 heavy (non-hydrogen) atoms. The van der Waals surface area contributed by atoms with Gasteiger partial charge >= 0.3 is 0 Å². The molecule has 2 aliphatic heterocycles. The lowest BCUT2D eigenvalue weighted by atomic mass is 9.94. The number of fused-ring (bicyclic) bond motifs is 2. The van der Waals surface area contributed by atoms with Crippen LogP contribution in [0, 0.1) is 0 Å². The molecule has 0 radical (unpaired) electrons. The van der Waals surface area contributed by atoms with E-state index in [0.29, 0.717) is 53.6 Å². The summed E-state index contributed by atoms with van der Waals surface area (Å²) in [6.45, 7) is 0.934. The summed E-state index contributed by atoms with van der Waals surface area (Å²) < 4.78 is 11.1. The van der Waals surface area contributed by atoms with Gasteiger partial charge in [0, 0.05) is 18.2 Å². The first-order valence-electron chi connectivity index (χ1n) is 11.4. The number of ether oxygens (including phenoxy) is 2. The molecule has 0 aliphatic carbocycles. The van der Waals surface area contributed by atoms with Crippen LogP contribution < -0.4 is 15.4 Å². The van der Waals surface area contributed by atoms with Crippen LogP contribution in [-0.4, -0.2) is 68.8 Å². The van der Waals surface area contributed by atoms with Crippen molar-refractivity contribution in [2.45, 2.75) is 48.6 Å². The molecule has 1 fully saturated rings. The Morgan fingerprint density at radius 2 is 2.14 bits per heavy atom. The first-order valence-corrected chi connectivity index (χ1v) is 12.4. The molecule has 10 nitrogen and oxygen atoms in total. The zero-order chi connectivity index (χ0) is 24.4. The molecular weight excluding hydrogens is 470 g/mol. The molecule has 0 spiro atoms. The number of rotatable bonds is 7. The Bertz CT molecular complexity index is 1220. The fraction of sp³-hybridized carbons (Fsp3) is 0.417. The van der Waals surface area contributed by atoms with Crippen molar-refractivity contribution in [3.63, 3.8) is 0 Å². The topological polar surface area (TPSA) is 139 Å². The Labute approximate surface area is 206 Å². The maximum atomic E-state index is 11.6. The monoisotopic (exact) mass is 497 g/mol. The van der Waals surface area contributed by atoms with Gasteiger partial charge in [-0.2, -0.15) is 0 Å². The molecule has 11 heteroatoms. The summed E-state index contributed by atoms with van der Waals surface area (Å²) in [6, 6.07) is 9.30. The van der Waals surface area contributed by atoms with Crippen molar-refractivity contribution in [2.75, 3.05) is 24.8 Å². The highest BCUT2D eigenvalue weighted by atomic mass is 32.2. The zero-order valence-corrected chi connectivity index (χ0v) is 20.0. The molecule has 0 unspecified atom stereocenters. The Hall–Kier alpha value is -2.83. The third-order valence-corrected chi connectivity index (χ3v) is 7.28. The van der Waals surface area contributed by atoms with Crippen molar-refractivity contribution in [2.24, 2.45) is 0 Å². The molecule has 4 N–H and O–H groups in total. The average Bonchev–Trinajstić information content (AvgIpc) is 2.90. The number of aliphatic hydroxyl groups excluding tert-OH is 2.